The van der Waals surface area contributed by atoms with Crippen molar-refractivity contribution in [2.45, 2.75) is 32.9 Å². The third-order valence-electron chi connectivity index (χ3n) is 2.18. The van der Waals surface area contributed by atoms with Crippen LogP contribution in [0.4, 0.5) is 0 Å². The van der Waals surface area contributed by atoms with E-state index in [9.17, 15) is 4.79 Å². The number of esters is 1. The highest BCUT2D eigenvalue weighted by molar-refractivity contribution is 5.69. The third-order valence-corrected chi connectivity index (χ3v) is 2.18. The maximum Gasteiger partial charge on any atom is 0.330 e. The molecule has 0 bridgehead atoms. The van der Waals surface area contributed by atoms with E-state index in [1.807, 2.05) is 51.1 Å². The fourth-order valence-corrected chi connectivity index (χ4v) is 1.50. The molecule has 19 heavy (non-hydrogen) atoms. The molecular weight excluding hydrogens is 244 g/mol. The molecular formula is C13H16N4O2. The zero-order valence-corrected chi connectivity index (χ0v) is 11.2. The fraction of sp³-hybridized carbons (Fsp3) is 0.385. The molecule has 2 rings (SSSR count). The Morgan fingerprint density at radius 3 is 2.58 bits per heavy atom. The first-order valence-corrected chi connectivity index (χ1v) is 5.99. The Labute approximate surface area is 111 Å². The summed E-state index contributed by atoms with van der Waals surface area (Å²) in [5, 5.41) is 11.9. The Balaban J connectivity index is 2.04. The molecule has 2 aromatic rings. The van der Waals surface area contributed by atoms with Crippen LogP contribution in [0.5, 0.6) is 0 Å². The summed E-state index contributed by atoms with van der Waals surface area (Å²) in [7, 11) is 0. The molecule has 0 spiro atoms. The number of rotatable bonds is 3. The maximum atomic E-state index is 11.6. The van der Waals surface area contributed by atoms with Crippen molar-refractivity contribution in [3.8, 4) is 11.4 Å². The molecule has 100 valence electrons. The van der Waals surface area contributed by atoms with Crippen molar-refractivity contribution in [1.82, 2.24) is 20.2 Å². The lowest BCUT2D eigenvalue weighted by Crippen LogP contribution is -2.27. The van der Waals surface area contributed by atoms with Crippen LogP contribution in [0.3, 0.4) is 0 Å². The van der Waals surface area contributed by atoms with Crippen LogP contribution in [-0.2, 0) is 16.1 Å². The zero-order chi connectivity index (χ0) is 13.9. The summed E-state index contributed by atoms with van der Waals surface area (Å²) in [6.07, 6.45) is 0. The molecule has 0 saturated carbocycles. The van der Waals surface area contributed by atoms with Crippen molar-refractivity contribution in [1.29, 1.82) is 0 Å². The molecule has 0 aliphatic carbocycles. The minimum atomic E-state index is -0.514. The minimum Gasteiger partial charge on any atom is -0.459 e. The first kappa shape index (κ1) is 13.2. The number of carbonyl (C=O) groups excluding carboxylic acids is 1. The van der Waals surface area contributed by atoms with Crippen LogP contribution in [-0.4, -0.2) is 31.8 Å². The summed E-state index contributed by atoms with van der Waals surface area (Å²) in [6.45, 7) is 5.40. The standard InChI is InChI=1S/C13H16N4O2/c1-13(2,3)19-11(18)9-17-15-12(14-16-17)10-7-5-4-6-8-10/h4-8H,9H2,1-3H3. The van der Waals surface area contributed by atoms with Gasteiger partial charge in [-0.05, 0) is 26.0 Å². The van der Waals surface area contributed by atoms with Gasteiger partial charge in [-0.15, -0.1) is 10.2 Å². The molecule has 6 nitrogen and oxygen atoms in total. The van der Waals surface area contributed by atoms with E-state index in [0.717, 1.165) is 5.56 Å². The Bertz CT molecular complexity index is 558. The van der Waals surface area contributed by atoms with Crippen LogP contribution in [0.15, 0.2) is 30.3 Å². The molecule has 1 aromatic carbocycles. The van der Waals surface area contributed by atoms with Gasteiger partial charge < -0.3 is 4.74 Å². The number of nitrogens with zero attached hydrogens (tertiary/aromatic N) is 4. The van der Waals surface area contributed by atoms with Crippen molar-refractivity contribution in [3.05, 3.63) is 30.3 Å². The normalized spacial score (nSPS) is 11.3. The lowest BCUT2D eigenvalue weighted by atomic mass is 10.2. The molecule has 0 saturated heterocycles. The third kappa shape index (κ3) is 3.87. The van der Waals surface area contributed by atoms with Gasteiger partial charge in [0.25, 0.3) is 0 Å². The number of hydrogen-bond donors (Lipinski definition) is 0. The second-order valence-corrected chi connectivity index (χ2v) is 5.10. The average Bonchev–Trinajstić information content (AvgIpc) is 2.76. The fourth-order valence-electron chi connectivity index (χ4n) is 1.50. The van der Waals surface area contributed by atoms with Gasteiger partial charge in [-0.2, -0.15) is 4.80 Å². The number of aromatic nitrogens is 4. The van der Waals surface area contributed by atoms with Gasteiger partial charge >= 0.3 is 5.97 Å². The number of benzene rings is 1. The van der Waals surface area contributed by atoms with Gasteiger partial charge in [-0.25, -0.2) is 4.79 Å². The zero-order valence-electron chi connectivity index (χ0n) is 11.2. The molecule has 0 atom stereocenters. The largest absolute Gasteiger partial charge is 0.459 e. The van der Waals surface area contributed by atoms with Gasteiger partial charge in [0.15, 0.2) is 6.54 Å². The molecule has 0 amide bonds. The highest BCUT2D eigenvalue weighted by Gasteiger charge is 2.17. The van der Waals surface area contributed by atoms with Gasteiger partial charge in [0.05, 0.1) is 0 Å². The number of ether oxygens (including phenoxy) is 1. The molecule has 0 aliphatic heterocycles. The Hall–Kier alpha value is -2.24. The van der Waals surface area contributed by atoms with E-state index in [2.05, 4.69) is 15.4 Å². The van der Waals surface area contributed by atoms with Crippen LogP contribution < -0.4 is 0 Å². The summed E-state index contributed by atoms with van der Waals surface area (Å²) >= 11 is 0. The van der Waals surface area contributed by atoms with Gasteiger partial charge in [0, 0.05) is 5.56 Å². The van der Waals surface area contributed by atoms with Crippen molar-refractivity contribution in [3.63, 3.8) is 0 Å². The van der Waals surface area contributed by atoms with Crippen LogP contribution >= 0.6 is 0 Å². The van der Waals surface area contributed by atoms with E-state index >= 15 is 0 Å². The molecule has 0 unspecified atom stereocenters. The lowest BCUT2D eigenvalue weighted by Gasteiger charge is -2.18. The highest BCUT2D eigenvalue weighted by atomic mass is 16.6. The van der Waals surface area contributed by atoms with Crippen LogP contribution in [0.2, 0.25) is 0 Å². The first-order chi connectivity index (χ1) is 8.94. The minimum absolute atomic E-state index is 0.0445. The molecule has 0 fully saturated rings. The average molecular weight is 260 g/mol. The first-order valence-electron chi connectivity index (χ1n) is 5.99. The molecule has 1 aromatic heterocycles. The molecule has 1 heterocycles. The van der Waals surface area contributed by atoms with Crippen molar-refractivity contribution in [2.75, 3.05) is 0 Å². The predicted octanol–water partition coefficient (Wildman–Crippen LogP) is 1.68. The van der Waals surface area contributed by atoms with E-state index in [0.29, 0.717) is 5.82 Å². The summed E-state index contributed by atoms with van der Waals surface area (Å²) < 4.78 is 5.19. The lowest BCUT2D eigenvalue weighted by molar-refractivity contribution is -0.156. The number of tetrazole rings is 1. The smallest absolute Gasteiger partial charge is 0.330 e. The van der Waals surface area contributed by atoms with Gasteiger partial charge in [-0.1, -0.05) is 30.3 Å². The van der Waals surface area contributed by atoms with E-state index in [1.54, 1.807) is 0 Å². The van der Waals surface area contributed by atoms with Crippen molar-refractivity contribution in [2.24, 2.45) is 0 Å². The Morgan fingerprint density at radius 2 is 1.95 bits per heavy atom. The van der Waals surface area contributed by atoms with Gasteiger partial charge in [0.2, 0.25) is 5.82 Å². The molecule has 0 N–H and O–H groups in total. The number of hydrogen-bond acceptors (Lipinski definition) is 5. The molecule has 6 heteroatoms. The Kier molecular flexibility index (Phi) is 3.59. The van der Waals surface area contributed by atoms with Crippen molar-refractivity contribution < 1.29 is 9.53 Å². The van der Waals surface area contributed by atoms with E-state index in [-0.39, 0.29) is 12.5 Å². The predicted molar refractivity (Wildman–Crippen MR) is 69.1 cm³/mol. The van der Waals surface area contributed by atoms with Gasteiger partial charge in [-0.3, -0.25) is 0 Å². The number of carbonyl (C=O) groups is 1. The Morgan fingerprint density at radius 1 is 1.26 bits per heavy atom. The van der Waals surface area contributed by atoms with Crippen LogP contribution in [0, 0.1) is 0 Å². The maximum absolute atomic E-state index is 11.6. The van der Waals surface area contributed by atoms with Crippen molar-refractivity contribution >= 4 is 5.97 Å². The van der Waals surface area contributed by atoms with E-state index in [1.165, 1.54) is 4.80 Å². The second-order valence-electron chi connectivity index (χ2n) is 5.10. The summed E-state index contributed by atoms with van der Waals surface area (Å²) in [6, 6.07) is 9.46. The van der Waals surface area contributed by atoms with E-state index in [4.69, 9.17) is 4.74 Å². The van der Waals surface area contributed by atoms with Gasteiger partial charge in [0.1, 0.15) is 5.60 Å². The van der Waals surface area contributed by atoms with E-state index < -0.39 is 5.60 Å². The second kappa shape index (κ2) is 5.17. The topological polar surface area (TPSA) is 69.9 Å². The summed E-state index contributed by atoms with van der Waals surface area (Å²) in [4.78, 5) is 12.9. The molecule has 0 aliphatic rings. The molecule has 0 radical (unpaired) electrons. The SMILES string of the molecule is CC(C)(C)OC(=O)Cn1nnc(-c2ccccc2)n1. The monoisotopic (exact) mass is 260 g/mol. The highest BCUT2D eigenvalue weighted by Crippen LogP contribution is 2.12. The van der Waals surface area contributed by atoms with Crippen LogP contribution in [0.1, 0.15) is 20.8 Å². The summed E-state index contributed by atoms with van der Waals surface area (Å²) in [5.41, 5.74) is 0.345. The van der Waals surface area contributed by atoms with Crippen LogP contribution in [0.25, 0.3) is 11.4 Å². The quantitative estimate of drug-likeness (QED) is 0.785. The summed E-state index contributed by atoms with van der Waals surface area (Å²) in [5.74, 6) is 0.105.